The number of nitrogens with one attached hydrogen (secondary N) is 1. The molecule has 3 nitrogen and oxygen atoms in total. The van der Waals surface area contributed by atoms with Crippen molar-refractivity contribution in [1.29, 1.82) is 5.26 Å². The molecular weight excluding hydrogens is 304 g/mol. The van der Waals surface area contributed by atoms with Gasteiger partial charge in [-0.1, -0.05) is 35.0 Å². The van der Waals surface area contributed by atoms with Crippen LogP contribution in [-0.4, -0.2) is 12.5 Å². The second-order valence-electron chi connectivity index (χ2n) is 5.22. The molecule has 1 aromatic carbocycles. The zero-order valence-corrected chi connectivity index (χ0v) is 12.5. The standard InChI is InChI=1S/C15H17BrN2O/c1-10-7-13(11-3-2-4-12(16)9-11)14(8-10)15(19)18-6-5-17/h2-4,9-10,13-14H,6-8H2,1H3,(H,18,19). The van der Waals surface area contributed by atoms with E-state index < -0.39 is 0 Å². The van der Waals surface area contributed by atoms with Crippen LogP contribution in [0.1, 0.15) is 31.2 Å². The van der Waals surface area contributed by atoms with E-state index in [4.69, 9.17) is 5.26 Å². The van der Waals surface area contributed by atoms with Gasteiger partial charge in [-0.3, -0.25) is 4.79 Å². The van der Waals surface area contributed by atoms with Crippen molar-refractivity contribution in [1.82, 2.24) is 5.32 Å². The van der Waals surface area contributed by atoms with Crippen molar-refractivity contribution in [3.8, 4) is 6.07 Å². The first-order valence-corrected chi connectivity index (χ1v) is 7.31. The van der Waals surface area contributed by atoms with Gasteiger partial charge < -0.3 is 5.32 Å². The number of benzene rings is 1. The molecule has 1 amide bonds. The molecule has 0 spiro atoms. The van der Waals surface area contributed by atoms with Crippen LogP contribution in [0.15, 0.2) is 28.7 Å². The van der Waals surface area contributed by atoms with Crippen LogP contribution >= 0.6 is 15.9 Å². The number of amides is 1. The molecule has 0 aliphatic heterocycles. The monoisotopic (exact) mass is 320 g/mol. The van der Waals surface area contributed by atoms with Gasteiger partial charge in [-0.25, -0.2) is 0 Å². The lowest BCUT2D eigenvalue weighted by Crippen LogP contribution is -2.32. The summed E-state index contributed by atoms with van der Waals surface area (Å²) in [5.74, 6) is 0.793. The highest BCUT2D eigenvalue weighted by Crippen LogP contribution is 2.43. The number of hydrogen-bond donors (Lipinski definition) is 1. The molecule has 1 aliphatic rings. The van der Waals surface area contributed by atoms with Crippen molar-refractivity contribution in [2.45, 2.75) is 25.7 Å². The van der Waals surface area contributed by atoms with Crippen molar-refractivity contribution >= 4 is 21.8 Å². The van der Waals surface area contributed by atoms with E-state index in [0.29, 0.717) is 5.92 Å². The van der Waals surface area contributed by atoms with E-state index >= 15 is 0 Å². The first kappa shape index (κ1) is 14.1. The Morgan fingerprint density at radius 2 is 2.32 bits per heavy atom. The number of rotatable bonds is 3. The van der Waals surface area contributed by atoms with E-state index in [1.54, 1.807) is 0 Å². The average molecular weight is 321 g/mol. The highest BCUT2D eigenvalue weighted by Gasteiger charge is 2.37. The summed E-state index contributed by atoms with van der Waals surface area (Å²) in [6, 6.07) is 10.1. The quantitative estimate of drug-likeness (QED) is 0.869. The highest BCUT2D eigenvalue weighted by atomic mass is 79.9. The lowest BCUT2D eigenvalue weighted by atomic mass is 9.88. The number of halogens is 1. The molecule has 1 saturated carbocycles. The summed E-state index contributed by atoms with van der Waals surface area (Å²) in [6.07, 6.45) is 1.93. The molecule has 1 aliphatic carbocycles. The Morgan fingerprint density at radius 1 is 1.53 bits per heavy atom. The molecule has 0 radical (unpaired) electrons. The summed E-state index contributed by atoms with van der Waals surface area (Å²) < 4.78 is 1.04. The molecule has 0 aromatic heterocycles. The molecule has 0 heterocycles. The van der Waals surface area contributed by atoms with Gasteiger partial charge in [0, 0.05) is 10.4 Å². The maximum atomic E-state index is 12.1. The second kappa shape index (κ2) is 6.21. The predicted molar refractivity (Wildman–Crippen MR) is 77.4 cm³/mol. The number of carbonyl (C=O) groups excluding carboxylic acids is 1. The maximum absolute atomic E-state index is 12.1. The smallest absolute Gasteiger partial charge is 0.224 e. The number of hydrogen-bond acceptors (Lipinski definition) is 2. The van der Waals surface area contributed by atoms with E-state index in [1.165, 1.54) is 5.56 Å². The summed E-state index contributed by atoms with van der Waals surface area (Å²) in [5, 5.41) is 11.3. The minimum atomic E-state index is -0.0161. The summed E-state index contributed by atoms with van der Waals surface area (Å²) >= 11 is 3.48. The van der Waals surface area contributed by atoms with E-state index in [2.05, 4.69) is 40.3 Å². The van der Waals surface area contributed by atoms with Crippen molar-refractivity contribution < 1.29 is 4.79 Å². The lowest BCUT2D eigenvalue weighted by molar-refractivity contribution is -0.125. The SMILES string of the molecule is CC1CC(C(=O)NCC#N)C(c2cccc(Br)c2)C1. The topological polar surface area (TPSA) is 52.9 Å². The minimum absolute atomic E-state index is 0.0101. The number of nitriles is 1. The van der Waals surface area contributed by atoms with E-state index in [1.807, 2.05) is 18.2 Å². The Bertz CT molecular complexity index is 509. The molecule has 4 heteroatoms. The minimum Gasteiger partial charge on any atom is -0.343 e. The first-order chi connectivity index (χ1) is 9.11. The normalized spacial score (nSPS) is 25.8. The fourth-order valence-electron chi connectivity index (χ4n) is 2.94. The molecule has 2 rings (SSSR count). The third-order valence-electron chi connectivity index (χ3n) is 3.75. The van der Waals surface area contributed by atoms with Gasteiger partial charge >= 0.3 is 0 Å². The molecular formula is C15H17BrN2O. The van der Waals surface area contributed by atoms with Gasteiger partial charge in [-0.15, -0.1) is 0 Å². The third-order valence-corrected chi connectivity index (χ3v) is 4.25. The van der Waals surface area contributed by atoms with Crippen LogP contribution in [0.3, 0.4) is 0 Å². The van der Waals surface area contributed by atoms with Crippen LogP contribution < -0.4 is 5.32 Å². The van der Waals surface area contributed by atoms with Gasteiger partial charge in [0.2, 0.25) is 5.91 Å². The van der Waals surface area contributed by atoms with Gasteiger partial charge in [0.05, 0.1) is 6.07 Å². The zero-order valence-electron chi connectivity index (χ0n) is 10.9. The summed E-state index contributed by atoms with van der Waals surface area (Å²) in [4.78, 5) is 12.1. The third kappa shape index (κ3) is 3.36. The van der Waals surface area contributed by atoms with Crippen molar-refractivity contribution in [2.24, 2.45) is 11.8 Å². The van der Waals surface area contributed by atoms with Crippen molar-refractivity contribution in [3.05, 3.63) is 34.3 Å². The van der Waals surface area contributed by atoms with Crippen molar-refractivity contribution in [3.63, 3.8) is 0 Å². The Kier molecular flexibility index (Phi) is 4.60. The second-order valence-corrected chi connectivity index (χ2v) is 6.14. The molecule has 0 saturated heterocycles. The number of nitrogens with zero attached hydrogens (tertiary/aromatic N) is 1. The zero-order chi connectivity index (χ0) is 13.8. The van der Waals surface area contributed by atoms with Gasteiger partial charge in [-0.2, -0.15) is 5.26 Å². The largest absolute Gasteiger partial charge is 0.343 e. The molecule has 100 valence electrons. The Labute approximate surface area is 122 Å². The van der Waals surface area contributed by atoms with Gasteiger partial charge in [0.25, 0.3) is 0 Å². The Balaban J connectivity index is 2.18. The van der Waals surface area contributed by atoms with Crippen LogP contribution in [0.4, 0.5) is 0 Å². The fraction of sp³-hybridized carbons (Fsp3) is 0.467. The molecule has 3 unspecified atom stereocenters. The molecule has 19 heavy (non-hydrogen) atoms. The first-order valence-electron chi connectivity index (χ1n) is 6.52. The van der Waals surface area contributed by atoms with Crippen LogP contribution in [0.2, 0.25) is 0 Å². The van der Waals surface area contributed by atoms with Crippen LogP contribution in [-0.2, 0) is 4.79 Å². The van der Waals surface area contributed by atoms with Crippen LogP contribution in [0, 0.1) is 23.2 Å². The Hall–Kier alpha value is -1.34. The fourth-order valence-corrected chi connectivity index (χ4v) is 3.36. The summed E-state index contributed by atoms with van der Waals surface area (Å²) in [7, 11) is 0. The van der Waals surface area contributed by atoms with E-state index in [-0.39, 0.29) is 24.3 Å². The Morgan fingerprint density at radius 3 is 3.00 bits per heavy atom. The molecule has 3 atom stereocenters. The molecule has 1 N–H and O–H groups in total. The number of carbonyl (C=O) groups is 1. The van der Waals surface area contributed by atoms with E-state index in [0.717, 1.165) is 17.3 Å². The van der Waals surface area contributed by atoms with Gasteiger partial charge in [-0.05, 0) is 42.4 Å². The predicted octanol–water partition coefficient (Wildman–Crippen LogP) is 3.22. The van der Waals surface area contributed by atoms with Crippen LogP contribution in [0.25, 0.3) is 0 Å². The van der Waals surface area contributed by atoms with Gasteiger partial charge in [0.1, 0.15) is 6.54 Å². The van der Waals surface area contributed by atoms with Crippen LogP contribution in [0.5, 0.6) is 0 Å². The van der Waals surface area contributed by atoms with E-state index in [9.17, 15) is 4.79 Å². The molecule has 0 bridgehead atoms. The lowest BCUT2D eigenvalue weighted by Gasteiger charge is -2.19. The summed E-state index contributed by atoms with van der Waals surface area (Å²) in [5.41, 5.74) is 1.20. The van der Waals surface area contributed by atoms with Gasteiger partial charge in [0.15, 0.2) is 0 Å². The summed E-state index contributed by atoms with van der Waals surface area (Å²) in [6.45, 7) is 2.28. The average Bonchev–Trinajstić information content (AvgIpc) is 2.78. The highest BCUT2D eigenvalue weighted by molar-refractivity contribution is 9.10. The maximum Gasteiger partial charge on any atom is 0.224 e. The molecule has 1 aromatic rings. The van der Waals surface area contributed by atoms with Crippen molar-refractivity contribution in [2.75, 3.05) is 6.54 Å². The molecule has 1 fully saturated rings.